The van der Waals surface area contributed by atoms with Gasteiger partial charge in [-0.3, -0.25) is 9.69 Å². The van der Waals surface area contributed by atoms with Crippen LogP contribution in [0.15, 0.2) is 4.99 Å². The van der Waals surface area contributed by atoms with Crippen LogP contribution in [-0.4, -0.2) is 43.1 Å². The molecule has 0 aromatic carbocycles. The van der Waals surface area contributed by atoms with Crippen molar-refractivity contribution in [3.8, 4) is 0 Å². The van der Waals surface area contributed by atoms with Crippen LogP contribution in [-0.2, 0) is 9.53 Å². The van der Waals surface area contributed by atoms with E-state index < -0.39 is 0 Å². The monoisotopic (exact) mass is 185 g/mol. The van der Waals surface area contributed by atoms with Gasteiger partial charge in [0.05, 0.1) is 19.2 Å². The minimum atomic E-state index is 0.00583. The number of aliphatic imine (C=N–C) groups is 1. The second kappa shape index (κ2) is 4.23. The zero-order chi connectivity index (χ0) is 9.84. The molecule has 13 heavy (non-hydrogen) atoms. The summed E-state index contributed by atoms with van der Waals surface area (Å²) in [5, 5.41) is 0. The summed E-state index contributed by atoms with van der Waals surface area (Å²) in [5.41, 5.74) is 5.60. The van der Waals surface area contributed by atoms with Crippen molar-refractivity contribution in [1.82, 2.24) is 4.90 Å². The number of nitrogens with two attached hydrogens (primary N) is 1. The van der Waals surface area contributed by atoms with E-state index in [2.05, 4.69) is 4.99 Å². The van der Waals surface area contributed by atoms with Crippen molar-refractivity contribution in [2.45, 2.75) is 19.4 Å². The Morgan fingerprint density at radius 1 is 1.77 bits per heavy atom. The highest BCUT2D eigenvalue weighted by Gasteiger charge is 2.24. The van der Waals surface area contributed by atoms with E-state index in [1.54, 1.807) is 7.11 Å². The minimum Gasteiger partial charge on any atom is -0.383 e. The van der Waals surface area contributed by atoms with Gasteiger partial charge in [-0.15, -0.1) is 0 Å². The number of amides is 1. The lowest BCUT2D eigenvalue weighted by Crippen LogP contribution is -2.48. The van der Waals surface area contributed by atoms with Gasteiger partial charge in [0, 0.05) is 13.5 Å². The highest BCUT2D eigenvalue weighted by atomic mass is 16.5. The summed E-state index contributed by atoms with van der Waals surface area (Å²) in [6.07, 6.45) is 0.435. The molecule has 0 radical (unpaired) electrons. The average Bonchev–Trinajstić information content (AvgIpc) is 2.02. The molecule has 1 unspecified atom stereocenters. The Kier molecular flexibility index (Phi) is 3.25. The summed E-state index contributed by atoms with van der Waals surface area (Å²) >= 11 is 0. The number of ether oxygens (including phenoxy) is 1. The highest BCUT2D eigenvalue weighted by Crippen LogP contribution is 2.08. The standard InChI is InChI=1S/C8H15N3O2/c1-6-5-7(12)11(3-4-13-2)8(9)10-6/h6H,3-5H2,1-2H3,(H2,9,10). The molecule has 5 heteroatoms. The maximum absolute atomic E-state index is 11.4. The van der Waals surface area contributed by atoms with Gasteiger partial charge in [-0.2, -0.15) is 0 Å². The van der Waals surface area contributed by atoms with Gasteiger partial charge in [-0.05, 0) is 6.92 Å². The van der Waals surface area contributed by atoms with Crippen molar-refractivity contribution in [2.75, 3.05) is 20.3 Å². The Hall–Kier alpha value is -1.10. The molecule has 0 bridgehead atoms. The van der Waals surface area contributed by atoms with E-state index >= 15 is 0 Å². The third kappa shape index (κ3) is 2.42. The van der Waals surface area contributed by atoms with Gasteiger partial charge in [0.1, 0.15) is 0 Å². The Morgan fingerprint density at radius 3 is 3.00 bits per heavy atom. The van der Waals surface area contributed by atoms with E-state index in [1.165, 1.54) is 4.90 Å². The Labute approximate surface area is 77.6 Å². The largest absolute Gasteiger partial charge is 0.383 e. The van der Waals surface area contributed by atoms with E-state index in [-0.39, 0.29) is 11.9 Å². The number of guanidine groups is 1. The first-order chi connectivity index (χ1) is 6.15. The first-order valence-corrected chi connectivity index (χ1v) is 4.27. The molecule has 5 nitrogen and oxygen atoms in total. The van der Waals surface area contributed by atoms with Gasteiger partial charge < -0.3 is 10.5 Å². The second-order valence-corrected chi connectivity index (χ2v) is 3.08. The molecule has 1 atom stereocenters. The highest BCUT2D eigenvalue weighted by molar-refractivity contribution is 5.98. The molecule has 0 fully saturated rings. The second-order valence-electron chi connectivity index (χ2n) is 3.08. The summed E-state index contributed by atoms with van der Waals surface area (Å²) < 4.78 is 4.86. The Balaban J connectivity index is 2.61. The molecular formula is C8H15N3O2. The number of methoxy groups -OCH3 is 1. The van der Waals surface area contributed by atoms with Gasteiger partial charge in [0.25, 0.3) is 0 Å². The van der Waals surface area contributed by atoms with Crippen LogP contribution in [0.5, 0.6) is 0 Å². The summed E-state index contributed by atoms with van der Waals surface area (Å²) in [6, 6.07) is 0.00583. The van der Waals surface area contributed by atoms with Crippen LogP contribution < -0.4 is 5.73 Å². The fraction of sp³-hybridized carbons (Fsp3) is 0.750. The van der Waals surface area contributed by atoms with Crippen molar-refractivity contribution in [2.24, 2.45) is 10.7 Å². The maximum atomic E-state index is 11.4. The quantitative estimate of drug-likeness (QED) is 0.648. The third-order valence-electron chi connectivity index (χ3n) is 1.92. The molecule has 0 saturated heterocycles. The van der Waals surface area contributed by atoms with Crippen molar-refractivity contribution >= 4 is 11.9 Å². The van der Waals surface area contributed by atoms with Gasteiger partial charge in [0.15, 0.2) is 5.96 Å². The van der Waals surface area contributed by atoms with Crippen LogP contribution in [0.25, 0.3) is 0 Å². The number of carbonyl (C=O) groups is 1. The predicted octanol–water partition coefficient (Wildman–Crippen LogP) is -0.432. The topological polar surface area (TPSA) is 67.9 Å². The van der Waals surface area contributed by atoms with E-state index in [9.17, 15) is 4.79 Å². The molecule has 74 valence electrons. The molecule has 2 N–H and O–H groups in total. The number of hydrogen-bond donors (Lipinski definition) is 1. The summed E-state index contributed by atoms with van der Waals surface area (Å²) in [4.78, 5) is 17.0. The fourth-order valence-corrected chi connectivity index (χ4v) is 1.25. The lowest BCUT2D eigenvalue weighted by atomic mass is 10.2. The van der Waals surface area contributed by atoms with Gasteiger partial charge in [0.2, 0.25) is 5.91 Å². The SMILES string of the molecule is COCCN1C(=O)CC(C)N=C1N. The van der Waals surface area contributed by atoms with Crippen LogP contribution in [0.2, 0.25) is 0 Å². The zero-order valence-electron chi connectivity index (χ0n) is 7.99. The molecule has 1 aliphatic rings. The molecular weight excluding hydrogens is 170 g/mol. The lowest BCUT2D eigenvalue weighted by Gasteiger charge is -2.26. The first kappa shape index (κ1) is 9.98. The van der Waals surface area contributed by atoms with Crippen molar-refractivity contribution in [3.05, 3.63) is 0 Å². The average molecular weight is 185 g/mol. The normalized spacial score (nSPS) is 23.2. The number of nitrogens with zero attached hydrogens (tertiary/aromatic N) is 2. The zero-order valence-corrected chi connectivity index (χ0v) is 7.99. The van der Waals surface area contributed by atoms with Crippen LogP contribution in [0, 0.1) is 0 Å². The summed E-state index contributed by atoms with van der Waals surface area (Å²) in [6.45, 7) is 2.84. The van der Waals surface area contributed by atoms with Crippen molar-refractivity contribution in [1.29, 1.82) is 0 Å². The van der Waals surface area contributed by atoms with E-state index in [0.717, 1.165) is 0 Å². The number of rotatable bonds is 3. The molecule has 0 spiro atoms. The number of carbonyl (C=O) groups excluding carboxylic acids is 1. The maximum Gasteiger partial charge on any atom is 0.231 e. The van der Waals surface area contributed by atoms with Crippen LogP contribution in [0.3, 0.4) is 0 Å². The van der Waals surface area contributed by atoms with E-state index in [4.69, 9.17) is 10.5 Å². The molecule has 1 rings (SSSR count). The third-order valence-corrected chi connectivity index (χ3v) is 1.92. The summed E-state index contributed by atoms with van der Waals surface area (Å²) in [7, 11) is 1.59. The van der Waals surface area contributed by atoms with Crippen molar-refractivity contribution in [3.63, 3.8) is 0 Å². The van der Waals surface area contributed by atoms with E-state index in [1.807, 2.05) is 6.92 Å². The minimum absolute atomic E-state index is 0.00583. The first-order valence-electron chi connectivity index (χ1n) is 4.27. The molecule has 0 aromatic rings. The van der Waals surface area contributed by atoms with Crippen molar-refractivity contribution < 1.29 is 9.53 Å². The number of hydrogen-bond acceptors (Lipinski definition) is 4. The Morgan fingerprint density at radius 2 is 2.46 bits per heavy atom. The lowest BCUT2D eigenvalue weighted by molar-refractivity contribution is -0.128. The summed E-state index contributed by atoms with van der Waals surface area (Å²) in [5.74, 6) is 0.331. The fourth-order valence-electron chi connectivity index (χ4n) is 1.25. The van der Waals surface area contributed by atoms with Gasteiger partial charge in [-0.25, -0.2) is 4.99 Å². The predicted molar refractivity (Wildman–Crippen MR) is 49.3 cm³/mol. The Bertz CT molecular complexity index is 227. The molecule has 1 aliphatic heterocycles. The van der Waals surface area contributed by atoms with Crippen LogP contribution >= 0.6 is 0 Å². The molecule has 1 amide bonds. The van der Waals surface area contributed by atoms with E-state index in [0.29, 0.717) is 25.5 Å². The van der Waals surface area contributed by atoms with Gasteiger partial charge in [-0.1, -0.05) is 0 Å². The molecule has 0 aliphatic carbocycles. The van der Waals surface area contributed by atoms with Gasteiger partial charge >= 0.3 is 0 Å². The smallest absolute Gasteiger partial charge is 0.231 e. The molecule has 0 saturated carbocycles. The van der Waals surface area contributed by atoms with Crippen LogP contribution in [0.1, 0.15) is 13.3 Å². The molecule has 1 heterocycles. The van der Waals surface area contributed by atoms with Crippen LogP contribution in [0.4, 0.5) is 0 Å². The molecule has 0 aromatic heterocycles.